The molecule has 1 heterocycles. The Morgan fingerprint density at radius 1 is 1.30 bits per heavy atom. The van der Waals surface area contributed by atoms with Crippen LogP contribution in [0.1, 0.15) is 25.7 Å². The van der Waals surface area contributed by atoms with Gasteiger partial charge in [-0.2, -0.15) is 0 Å². The number of likely N-dealkylation sites (tertiary alicyclic amines) is 1. The van der Waals surface area contributed by atoms with Crippen LogP contribution in [0.25, 0.3) is 0 Å². The molecule has 0 spiro atoms. The van der Waals surface area contributed by atoms with E-state index in [4.69, 9.17) is 11.6 Å². The lowest BCUT2D eigenvalue weighted by atomic mass is 10.1. The van der Waals surface area contributed by atoms with E-state index in [1.807, 2.05) is 4.90 Å². The number of hydrogen-bond acceptors (Lipinski definition) is 4. The fourth-order valence-electron chi connectivity index (χ4n) is 2.19. The third kappa shape index (κ3) is 6.88. The zero-order valence-electron chi connectivity index (χ0n) is 11.9. The van der Waals surface area contributed by atoms with E-state index in [-0.39, 0.29) is 17.7 Å². The molecule has 20 heavy (non-hydrogen) atoms. The molecule has 6 nitrogen and oxygen atoms in total. The largest absolute Gasteiger partial charge is 0.358 e. The number of piperidine rings is 1. The maximum atomic E-state index is 11.8. The summed E-state index contributed by atoms with van der Waals surface area (Å²) in [4.78, 5) is 13.3. The van der Waals surface area contributed by atoms with Crippen LogP contribution in [0.15, 0.2) is 0 Å². The van der Waals surface area contributed by atoms with Crippen molar-refractivity contribution in [3.63, 3.8) is 0 Å². The summed E-state index contributed by atoms with van der Waals surface area (Å²) in [5.41, 5.74) is 0. The van der Waals surface area contributed by atoms with Gasteiger partial charge in [-0.05, 0) is 25.7 Å². The number of unbranched alkanes of at least 4 members (excludes halogenated alkanes) is 1. The summed E-state index contributed by atoms with van der Waals surface area (Å²) >= 11 is 5.54. The molecule has 0 unspecified atom stereocenters. The Bertz CT molecular complexity index is 395. The highest BCUT2D eigenvalue weighted by Crippen LogP contribution is 2.11. The van der Waals surface area contributed by atoms with E-state index in [0.717, 1.165) is 25.9 Å². The van der Waals surface area contributed by atoms with Crippen LogP contribution in [-0.4, -0.2) is 63.6 Å². The first-order chi connectivity index (χ1) is 9.46. The lowest BCUT2D eigenvalue weighted by Crippen LogP contribution is -2.47. The van der Waals surface area contributed by atoms with Crippen molar-refractivity contribution in [2.75, 3.05) is 38.3 Å². The Kier molecular flexibility index (Phi) is 7.79. The van der Waals surface area contributed by atoms with Gasteiger partial charge in [0.25, 0.3) is 0 Å². The molecule has 0 radical (unpaired) electrons. The summed E-state index contributed by atoms with van der Waals surface area (Å²) in [5, 5.41) is 2.59. The second-order valence-corrected chi connectivity index (χ2v) is 7.31. The number of nitrogens with one attached hydrogen (secondary N) is 2. The van der Waals surface area contributed by atoms with Crippen LogP contribution in [-0.2, 0) is 14.8 Å². The summed E-state index contributed by atoms with van der Waals surface area (Å²) < 4.78 is 26.4. The minimum atomic E-state index is -3.21. The number of halogens is 1. The van der Waals surface area contributed by atoms with E-state index in [9.17, 15) is 13.2 Å². The Morgan fingerprint density at radius 2 is 1.95 bits per heavy atom. The summed E-state index contributed by atoms with van der Waals surface area (Å²) in [6, 6.07) is -0.0167. The van der Waals surface area contributed by atoms with E-state index >= 15 is 0 Å². The van der Waals surface area contributed by atoms with Crippen LogP contribution in [0.5, 0.6) is 0 Å². The van der Waals surface area contributed by atoms with Crippen LogP contribution < -0.4 is 10.0 Å². The van der Waals surface area contributed by atoms with Crippen molar-refractivity contribution in [3.8, 4) is 0 Å². The predicted octanol–water partition coefficient (Wildman–Crippen LogP) is 0.135. The van der Waals surface area contributed by atoms with Gasteiger partial charge < -0.3 is 5.32 Å². The van der Waals surface area contributed by atoms with Gasteiger partial charge in [0.15, 0.2) is 0 Å². The van der Waals surface area contributed by atoms with Gasteiger partial charge in [0, 0.05) is 32.1 Å². The molecule has 0 aliphatic carbocycles. The molecular formula is C12H24ClN3O3S. The Balaban J connectivity index is 2.29. The summed E-state index contributed by atoms with van der Waals surface area (Å²) in [5.74, 6) is 0.621. The van der Waals surface area contributed by atoms with Crippen LogP contribution >= 0.6 is 11.6 Å². The average molecular weight is 326 g/mol. The quantitative estimate of drug-likeness (QED) is 0.491. The first kappa shape index (κ1) is 17.7. The lowest BCUT2D eigenvalue weighted by Gasteiger charge is -2.31. The molecule has 2 N–H and O–H groups in total. The number of hydrogen-bond donors (Lipinski definition) is 2. The minimum Gasteiger partial charge on any atom is -0.358 e. The van der Waals surface area contributed by atoms with Crippen LogP contribution in [0.3, 0.4) is 0 Å². The van der Waals surface area contributed by atoms with Gasteiger partial charge in [0.05, 0.1) is 12.3 Å². The topological polar surface area (TPSA) is 78.5 Å². The van der Waals surface area contributed by atoms with Gasteiger partial charge >= 0.3 is 0 Å². The Labute approximate surface area is 126 Å². The van der Waals surface area contributed by atoms with Crippen molar-refractivity contribution in [1.82, 2.24) is 14.9 Å². The summed E-state index contributed by atoms with van der Waals surface area (Å²) in [7, 11) is -1.59. The number of nitrogens with zero attached hydrogens (tertiary/aromatic N) is 1. The van der Waals surface area contributed by atoms with Crippen LogP contribution in [0.2, 0.25) is 0 Å². The normalized spacial score (nSPS) is 18.1. The van der Waals surface area contributed by atoms with Crippen molar-refractivity contribution < 1.29 is 13.2 Å². The number of carbonyl (C=O) groups excluding carboxylic acids is 1. The van der Waals surface area contributed by atoms with Crippen molar-refractivity contribution in [2.45, 2.75) is 31.7 Å². The molecule has 0 atom stereocenters. The third-order valence-electron chi connectivity index (χ3n) is 3.38. The molecule has 8 heteroatoms. The standard InChI is InChI=1S/C12H24ClN3O3S/c1-14-12(17)10-16-7-4-11(5-8-16)15-20(18,19)9-3-2-6-13/h11,15H,2-10H2,1H3,(H,14,17). The summed E-state index contributed by atoms with van der Waals surface area (Å²) in [6.07, 6.45) is 2.79. The molecule has 1 aliphatic rings. The van der Waals surface area contributed by atoms with Gasteiger partial charge in [0.2, 0.25) is 15.9 Å². The van der Waals surface area contributed by atoms with E-state index in [1.54, 1.807) is 7.05 Å². The minimum absolute atomic E-state index is 0.00916. The van der Waals surface area contributed by atoms with Gasteiger partial charge in [-0.25, -0.2) is 13.1 Å². The number of likely N-dealkylation sites (N-methyl/N-ethyl adjacent to an activating group) is 1. The van der Waals surface area contributed by atoms with E-state index in [1.165, 1.54) is 0 Å². The zero-order chi connectivity index (χ0) is 15.0. The molecule has 0 aromatic heterocycles. The van der Waals surface area contributed by atoms with Crippen molar-refractivity contribution in [3.05, 3.63) is 0 Å². The van der Waals surface area contributed by atoms with Crippen LogP contribution in [0.4, 0.5) is 0 Å². The van der Waals surface area contributed by atoms with Crippen molar-refractivity contribution in [2.24, 2.45) is 0 Å². The summed E-state index contributed by atoms with van der Waals surface area (Å²) in [6.45, 7) is 1.86. The molecule has 118 valence electrons. The number of alkyl halides is 1. The molecule has 0 aromatic carbocycles. The fourth-order valence-corrected chi connectivity index (χ4v) is 3.83. The van der Waals surface area contributed by atoms with E-state index < -0.39 is 10.0 Å². The molecule has 1 fully saturated rings. The second-order valence-electron chi connectivity index (χ2n) is 5.06. The predicted molar refractivity (Wildman–Crippen MR) is 80.4 cm³/mol. The highest BCUT2D eigenvalue weighted by molar-refractivity contribution is 7.89. The maximum absolute atomic E-state index is 11.8. The second kappa shape index (κ2) is 8.81. The van der Waals surface area contributed by atoms with Gasteiger partial charge in [-0.15, -0.1) is 11.6 Å². The number of rotatable bonds is 8. The van der Waals surface area contributed by atoms with Crippen molar-refractivity contribution >= 4 is 27.5 Å². The van der Waals surface area contributed by atoms with Gasteiger partial charge in [-0.3, -0.25) is 9.69 Å². The smallest absolute Gasteiger partial charge is 0.233 e. The molecule has 0 aromatic rings. The SMILES string of the molecule is CNC(=O)CN1CCC(NS(=O)(=O)CCCCCl)CC1. The molecule has 0 saturated carbocycles. The lowest BCUT2D eigenvalue weighted by molar-refractivity contribution is -0.122. The average Bonchev–Trinajstić information content (AvgIpc) is 2.40. The first-order valence-corrected chi connectivity index (χ1v) is 9.14. The van der Waals surface area contributed by atoms with Crippen molar-refractivity contribution in [1.29, 1.82) is 0 Å². The number of sulfonamides is 1. The molecule has 1 saturated heterocycles. The molecule has 0 bridgehead atoms. The van der Waals surface area contributed by atoms with Gasteiger partial charge in [-0.1, -0.05) is 0 Å². The van der Waals surface area contributed by atoms with Gasteiger partial charge in [0.1, 0.15) is 0 Å². The maximum Gasteiger partial charge on any atom is 0.233 e. The third-order valence-corrected chi connectivity index (χ3v) is 5.16. The number of carbonyl (C=O) groups is 1. The fraction of sp³-hybridized carbons (Fsp3) is 0.917. The Hall–Kier alpha value is -0.370. The molecule has 1 amide bonds. The molecular weight excluding hydrogens is 302 g/mol. The van der Waals surface area contributed by atoms with E-state index in [0.29, 0.717) is 25.3 Å². The Morgan fingerprint density at radius 3 is 2.50 bits per heavy atom. The highest BCUT2D eigenvalue weighted by Gasteiger charge is 2.23. The van der Waals surface area contributed by atoms with E-state index in [2.05, 4.69) is 10.0 Å². The first-order valence-electron chi connectivity index (χ1n) is 6.95. The highest BCUT2D eigenvalue weighted by atomic mass is 35.5. The molecule has 1 rings (SSSR count). The van der Waals surface area contributed by atoms with Crippen LogP contribution in [0, 0.1) is 0 Å². The molecule has 1 aliphatic heterocycles. The monoisotopic (exact) mass is 325 g/mol. The zero-order valence-corrected chi connectivity index (χ0v) is 13.5. The number of amides is 1.